The molecule has 0 radical (unpaired) electrons. The van der Waals surface area contributed by atoms with Crippen LogP contribution in [0.25, 0.3) is 10.1 Å². The van der Waals surface area contributed by atoms with E-state index < -0.39 is 9.84 Å². The molecule has 1 aromatic heterocycles. The SMILES string of the molecule is CCNC(Cc1csc2ccccc12)CS(C)(=O)=O. The summed E-state index contributed by atoms with van der Waals surface area (Å²) in [5, 5.41) is 6.64. The smallest absolute Gasteiger partial charge is 0.148 e. The minimum atomic E-state index is -2.96. The van der Waals surface area contributed by atoms with Crippen LogP contribution in [-0.4, -0.2) is 33.0 Å². The number of likely N-dealkylation sites (N-methyl/N-ethyl adjacent to an activating group) is 1. The summed E-state index contributed by atoms with van der Waals surface area (Å²) in [7, 11) is -2.96. The third kappa shape index (κ3) is 4.03. The molecule has 0 spiro atoms. The molecule has 1 unspecified atom stereocenters. The van der Waals surface area contributed by atoms with Gasteiger partial charge < -0.3 is 5.32 Å². The van der Waals surface area contributed by atoms with Crippen LogP contribution in [0.4, 0.5) is 0 Å². The van der Waals surface area contributed by atoms with Crippen molar-refractivity contribution in [3.05, 3.63) is 35.2 Å². The van der Waals surface area contributed by atoms with Crippen molar-refractivity contribution in [1.29, 1.82) is 0 Å². The molecule has 1 atom stereocenters. The van der Waals surface area contributed by atoms with Crippen molar-refractivity contribution >= 4 is 31.3 Å². The third-order valence-corrected chi connectivity index (χ3v) is 5.04. The molecule has 19 heavy (non-hydrogen) atoms. The molecule has 0 aliphatic carbocycles. The van der Waals surface area contributed by atoms with Gasteiger partial charge in [0.2, 0.25) is 0 Å². The summed E-state index contributed by atoms with van der Waals surface area (Å²) in [6, 6.07) is 8.24. The molecule has 0 bridgehead atoms. The summed E-state index contributed by atoms with van der Waals surface area (Å²) in [6.45, 7) is 2.78. The highest BCUT2D eigenvalue weighted by Crippen LogP contribution is 2.26. The van der Waals surface area contributed by atoms with Gasteiger partial charge in [-0.2, -0.15) is 0 Å². The zero-order valence-corrected chi connectivity index (χ0v) is 12.9. The lowest BCUT2D eigenvalue weighted by atomic mass is 10.1. The summed E-state index contributed by atoms with van der Waals surface area (Å²) in [6.07, 6.45) is 2.05. The monoisotopic (exact) mass is 297 g/mol. The molecule has 5 heteroatoms. The van der Waals surface area contributed by atoms with Crippen LogP contribution in [-0.2, 0) is 16.3 Å². The molecule has 0 saturated heterocycles. The van der Waals surface area contributed by atoms with Gasteiger partial charge in [0, 0.05) is 17.0 Å². The van der Waals surface area contributed by atoms with Gasteiger partial charge in [-0.3, -0.25) is 0 Å². The number of rotatable bonds is 6. The lowest BCUT2D eigenvalue weighted by molar-refractivity contribution is 0.546. The van der Waals surface area contributed by atoms with Gasteiger partial charge in [-0.15, -0.1) is 11.3 Å². The van der Waals surface area contributed by atoms with E-state index in [4.69, 9.17) is 0 Å². The molecule has 0 amide bonds. The molecule has 3 nitrogen and oxygen atoms in total. The number of sulfone groups is 1. The van der Waals surface area contributed by atoms with Crippen molar-refractivity contribution in [3.8, 4) is 0 Å². The Kier molecular flexibility index (Phi) is 4.60. The van der Waals surface area contributed by atoms with Crippen molar-refractivity contribution in [2.24, 2.45) is 0 Å². The third-order valence-electron chi connectivity index (χ3n) is 3.02. The second kappa shape index (κ2) is 6.03. The molecular formula is C14H19NO2S2. The first-order valence-electron chi connectivity index (χ1n) is 6.36. The average Bonchev–Trinajstić information content (AvgIpc) is 2.71. The number of hydrogen-bond donors (Lipinski definition) is 1. The quantitative estimate of drug-likeness (QED) is 0.891. The lowest BCUT2D eigenvalue weighted by Crippen LogP contribution is -2.37. The Morgan fingerprint density at radius 2 is 2.05 bits per heavy atom. The average molecular weight is 297 g/mol. The summed E-state index contributed by atoms with van der Waals surface area (Å²) < 4.78 is 24.2. The Balaban J connectivity index is 2.21. The molecule has 2 aromatic rings. The van der Waals surface area contributed by atoms with E-state index in [-0.39, 0.29) is 11.8 Å². The fraction of sp³-hybridized carbons (Fsp3) is 0.429. The Bertz CT molecular complexity index is 646. The maximum Gasteiger partial charge on any atom is 0.148 e. The maximum atomic E-state index is 11.5. The molecule has 1 aromatic carbocycles. The van der Waals surface area contributed by atoms with Gasteiger partial charge in [0.05, 0.1) is 5.75 Å². The van der Waals surface area contributed by atoms with E-state index in [2.05, 4.69) is 22.8 Å². The minimum Gasteiger partial charge on any atom is -0.313 e. The highest BCUT2D eigenvalue weighted by molar-refractivity contribution is 7.90. The molecule has 0 saturated carbocycles. The zero-order valence-electron chi connectivity index (χ0n) is 11.2. The fourth-order valence-electron chi connectivity index (χ4n) is 2.30. The molecule has 104 valence electrons. The van der Waals surface area contributed by atoms with Gasteiger partial charge in [0.15, 0.2) is 0 Å². The number of nitrogens with one attached hydrogen (secondary N) is 1. The van der Waals surface area contributed by atoms with Crippen LogP contribution in [0.1, 0.15) is 12.5 Å². The van der Waals surface area contributed by atoms with Gasteiger partial charge in [-0.05, 0) is 35.4 Å². The van der Waals surface area contributed by atoms with E-state index in [9.17, 15) is 8.42 Å². The number of hydrogen-bond acceptors (Lipinski definition) is 4. The molecule has 1 heterocycles. The van der Waals surface area contributed by atoms with Gasteiger partial charge in [0.25, 0.3) is 0 Å². The topological polar surface area (TPSA) is 46.2 Å². The number of fused-ring (bicyclic) bond motifs is 1. The van der Waals surface area contributed by atoms with Crippen LogP contribution in [0.15, 0.2) is 29.6 Å². The van der Waals surface area contributed by atoms with Crippen LogP contribution in [0, 0.1) is 0 Å². The molecule has 2 rings (SSSR count). The maximum absolute atomic E-state index is 11.5. The van der Waals surface area contributed by atoms with E-state index in [1.807, 2.05) is 19.1 Å². The van der Waals surface area contributed by atoms with Crippen molar-refractivity contribution < 1.29 is 8.42 Å². The highest BCUT2D eigenvalue weighted by Gasteiger charge is 2.16. The normalized spacial score (nSPS) is 13.8. The van der Waals surface area contributed by atoms with E-state index >= 15 is 0 Å². The van der Waals surface area contributed by atoms with Crippen LogP contribution >= 0.6 is 11.3 Å². The Hall–Kier alpha value is -0.910. The van der Waals surface area contributed by atoms with Crippen molar-refractivity contribution in [2.45, 2.75) is 19.4 Å². The van der Waals surface area contributed by atoms with Crippen LogP contribution in [0.2, 0.25) is 0 Å². The van der Waals surface area contributed by atoms with Crippen LogP contribution in [0.5, 0.6) is 0 Å². The van der Waals surface area contributed by atoms with E-state index in [1.165, 1.54) is 21.9 Å². The summed E-state index contributed by atoms with van der Waals surface area (Å²) in [5.41, 5.74) is 1.23. The fourth-order valence-corrected chi connectivity index (χ4v) is 4.24. The van der Waals surface area contributed by atoms with Gasteiger partial charge >= 0.3 is 0 Å². The second-order valence-corrected chi connectivity index (χ2v) is 7.90. The minimum absolute atomic E-state index is 0.0157. The summed E-state index contributed by atoms with van der Waals surface area (Å²) >= 11 is 1.71. The zero-order chi connectivity index (χ0) is 13.9. The number of benzene rings is 1. The van der Waals surface area contributed by atoms with Crippen molar-refractivity contribution in [3.63, 3.8) is 0 Å². The van der Waals surface area contributed by atoms with Crippen LogP contribution < -0.4 is 5.32 Å². The first-order chi connectivity index (χ1) is 8.99. The summed E-state index contributed by atoms with van der Waals surface area (Å²) in [4.78, 5) is 0. The van der Waals surface area contributed by atoms with Gasteiger partial charge in [-0.1, -0.05) is 25.1 Å². The van der Waals surface area contributed by atoms with E-state index in [1.54, 1.807) is 11.3 Å². The van der Waals surface area contributed by atoms with Gasteiger partial charge in [0.1, 0.15) is 9.84 Å². The van der Waals surface area contributed by atoms with Crippen molar-refractivity contribution in [2.75, 3.05) is 18.6 Å². The molecule has 0 aliphatic rings. The summed E-state index contributed by atoms with van der Waals surface area (Å²) in [5.74, 6) is 0.186. The highest BCUT2D eigenvalue weighted by atomic mass is 32.2. The molecule has 0 fully saturated rings. The van der Waals surface area contributed by atoms with Crippen LogP contribution in [0.3, 0.4) is 0 Å². The molecular weight excluding hydrogens is 278 g/mol. The van der Waals surface area contributed by atoms with E-state index in [0.717, 1.165) is 13.0 Å². The predicted molar refractivity (Wildman–Crippen MR) is 82.7 cm³/mol. The standard InChI is InChI=1S/C14H19NO2S2/c1-3-15-12(10-19(2,16)17)8-11-9-18-14-7-5-4-6-13(11)14/h4-7,9,12,15H,3,8,10H2,1-2H3. The van der Waals surface area contributed by atoms with Crippen molar-refractivity contribution in [1.82, 2.24) is 5.32 Å². The lowest BCUT2D eigenvalue weighted by Gasteiger charge is -2.16. The van der Waals surface area contributed by atoms with E-state index in [0.29, 0.717) is 0 Å². The largest absolute Gasteiger partial charge is 0.313 e. The first-order valence-corrected chi connectivity index (χ1v) is 9.30. The predicted octanol–water partition coefficient (Wildman–Crippen LogP) is 2.47. The molecule has 0 aliphatic heterocycles. The number of thiophene rings is 1. The Morgan fingerprint density at radius 3 is 2.74 bits per heavy atom. The second-order valence-electron chi connectivity index (χ2n) is 4.81. The Morgan fingerprint density at radius 1 is 1.32 bits per heavy atom. The van der Waals surface area contributed by atoms with Gasteiger partial charge in [-0.25, -0.2) is 8.42 Å². The Labute approximate surface area is 118 Å². The first kappa shape index (κ1) is 14.5. The molecule has 1 N–H and O–H groups in total.